The molecule has 0 amide bonds. The monoisotopic (exact) mass is 449 g/mol. The minimum atomic E-state index is 0. The van der Waals surface area contributed by atoms with Crippen molar-refractivity contribution >= 4 is 29.9 Å². The normalized spacial score (nSPS) is 17.4. The molecule has 0 saturated heterocycles. The Bertz CT molecular complexity index is 566. The highest BCUT2D eigenvalue weighted by Crippen LogP contribution is 2.34. The summed E-state index contributed by atoms with van der Waals surface area (Å²) in [5, 5.41) is 6.58. The van der Waals surface area contributed by atoms with Crippen molar-refractivity contribution in [3.8, 4) is 11.5 Å². The molecule has 2 rings (SSSR count). The topological polar surface area (TPSA) is 64.1 Å². The molecule has 0 saturated carbocycles. The summed E-state index contributed by atoms with van der Waals surface area (Å²) >= 11 is 0. The van der Waals surface area contributed by atoms with Gasteiger partial charge in [0, 0.05) is 44.3 Å². The first-order chi connectivity index (χ1) is 11.1. The zero-order valence-electron chi connectivity index (χ0n) is 15.0. The van der Waals surface area contributed by atoms with E-state index in [1.165, 1.54) is 5.56 Å². The molecule has 1 aromatic rings. The van der Waals surface area contributed by atoms with Gasteiger partial charge in [0.1, 0.15) is 17.6 Å². The van der Waals surface area contributed by atoms with E-state index in [-0.39, 0.29) is 36.1 Å². The zero-order valence-corrected chi connectivity index (χ0v) is 17.3. The van der Waals surface area contributed by atoms with Crippen molar-refractivity contribution in [1.29, 1.82) is 0 Å². The van der Waals surface area contributed by atoms with Crippen molar-refractivity contribution in [2.75, 3.05) is 27.9 Å². The first-order valence-corrected chi connectivity index (χ1v) is 7.90. The fraction of sp³-hybridized carbons (Fsp3) is 0.588. The first-order valence-electron chi connectivity index (χ1n) is 7.90. The van der Waals surface area contributed by atoms with Crippen molar-refractivity contribution < 1.29 is 14.2 Å². The van der Waals surface area contributed by atoms with E-state index in [4.69, 9.17) is 14.2 Å². The summed E-state index contributed by atoms with van der Waals surface area (Å²) in [6, 6.07) is 4.30. The van der Waals surface area contributed by atoms with Crippen LogP contribution >= 0.6 is 24.0 Å². The molecule has 1 aromatic carbocycles. The predicted molar refractivity (Wildman–Crippen MR) is 107 cm³/mol. The van der Waals surface area contributed by atoms with E-state index in [1.54, 1.807) is 21.3 Å². The molecule has 7 heteroatoms. The summed E-state index contributed by atoms with van der Waals surface area (Å²) in [4.78, 5) is 4.23. The maximum Gasteiger partial charge on any atom is 0.191 e. The molecular formula is C17H28IN3O3. The summed E-state index contributed by atoms with van der Waals surface area (Å²) in [6.45, 7) is 5.34. The van der Waals surface area contributed by atoms with Gasteiger partial charge in [-0.25, -0.2) is 0 Å². The number of hydrogen-bond acceptors (Lipinski definition) is 4. The fourth-order valence-electron chi connectivity index (χ4n) is 2.71. The lowest BCUT2D eigenvalue weighted by Crippen LogP contribution is -2.43. The molecule has 0 radical (unpaired) electrons. The summed E-state index contributed by atoms with van der Waals surface area (Å²) in [7, 11) is 5.13. The van der Waals surface area contributed by atoms with Crippen LogP contribution in [0.2, 0.25) is 0 Å². The number of aliphatic imine (C=N–C) groups is 1. The van der Waals surface area contributed by atoms with Crippen molar-refractivity contribution in [3.63, 3.8) is 0 Å². The molecule has 2 N–H and O–H groups in total. The van der Waals surface area contributed by atoms with Gasteiger partial charge >= 0.3 is 0 Å². The van der Waals surface area contributed by atoms with Gasteiger partial charge in [-0.15, -0.1) is 24.0 Å². The first kappa shape index (κ1) is 20.8. The van der Waals surface area contributed by atoms with Crippen LogP contribution in [-0.4, -0.2) is 46.0 Å². The van der Waals surface area contributed by atoms with Gasteiger partial charge in [-0.05, 0) is 26.0 Å². The highest BCUT2D eigenvalue weighted by Gasteiger charge is 2.21. The van der Waals surface area contributed by atoms with Crippen LogP contribution in [0.5, 0.6) is 11.5 Å². The minimum absolute atomic E-state index is 0. The number of nitrogens with one attached hydrogen (secondary N) is 2. The van der Waals surface area contributed by atoms with Crippen molar-refractivity contribution in [1.82, 2.24) is 10.6 Å². The lowest BCUT2D eigenvalue weighted by Gasteiger charge is -2.18. The number of ether oxygens (including phenoxy) is 3. The van der Waals surface area contributed by atoms with Crippen LogP contribution in [0.15, 0.2) is 17.1 Å². The highest BCUT2D eigenvalue weighted by atomic mass is 127. The van der Waals surface area contributed by atoms with E-state index in [0.29, 0.717) is 13.2 Å². The van der Waals surface area contributed by atoms with Gasteiger partial charge in [0.2, 0.25) is 0 Å². The van der Waals surface area contributed by atoms with E-state index in [2.05, 4.69) is 34.7 Å². The van der Waals surface area contributed by atoms with E-state index in [0.717, 1.165) is 29.4 Å². The molecule has 0 spiro atoms. The zero-order chi connectivity index (χ0) is 16.8. The van der Waals surface area contributed by atoms with Crippen molar-refractivity contribution in [2.24, 2.45) is 4.99 Å². The molecule has 1 aliphatic heterocycles. The minimum Gasteiger partial charge on any atom is -0.496 e. The van der Waals surface area contributed by atoms with Gasteiger partial charge in [0.25, 0.3) is 0 Å². The van der Waals surface area contributed by atoms with Gasteiger partial charge < -0.3 is 24.8 Å². The maximum atomic E-state index is 5.83. The molecule has 1 heterocycles. The third kappa shape index (κ3) is 5.41. The Hall–Kier alpha value is -1.22. The SMILES string of the molecule is CN=C(NCc1cc2c(cc1OC)CC(C)O2)NC(C)COC.I. The van der Waals surface area contributed by atoms with Crippen LogP contribution in [0.1, 0.15) is 25.0 Å². The molecule has 0 fully saturated rings. The van der Waals surface area contributed by atoms with Crippen LogP contribution in [0.25, 0.3) is 0 Å². The standard InChI is InChI=1S/C17H27N3O3.HI/c1-11(10-21-4)20-17(18-3)19-9-14-8-16-13(6-12(2)23-16)7-15(14)22-5;/h7-8,11-12H,6,9-10H2,1-5H3,(H2,18,19,20);1H. The molecule has 136 valence electrons. The average molecular weight is 449 g/mol. The average Bonchev–Trinajstić information content (AvgIpc) is 2.89. The maximum absolute atomic E-state index is 5.83. The smallest absolute Gasteiger partial charge is 0.191 e. The number of benzene rings is 1. The van der Waals surface area contributed by atoms with Gasteiger partial charge in [0.15, 0.2) is 5.96 Å². The molecule has 1 aliphatic rings. The Labute approximate surface area is 161 Å². The molecule has 0 aliphatic carbocycles. The molecule has 2 atom stereocenters. The fourth-order valence-corrected chi connectivity index (χ4v) is 2.71. The largest absolute Gasteiger partial charge is 0.496 e. The van der Waals surface area contributed by atoms with E-state index in [1.807, 2.05) is 6.92 Å². The molecule has 2 unspecified atom stereocenters. The Morgan fingerprint density at radius 2 is 2.17 bits per heavy atom. The van der Waals surface area contributed by atoms with E-state index >= 15 is 0 Å². The molecule has 0 aromatic heterocycles. The number of hydrogen-bond donors (Lipinski definition) is 2. The number of rotatable bonds is 6. The molecule has 6 nitrogen and oxygen atoms in total. The molecular weight excluding hydrogens is 421 g/mol. The second kappa shape index (κ2) is 9.93. The van der Waals surface area contributed by atoms with Crippen LogP contribution in [-0.2, 0) is 17.7 Å². The van der Waals surface area contributed by atoms with Gasteiger partial charge in [-0.2, -0.15) is 0 Å². The number of halogens is 1. The number of fused-ring (bicyclic) bond motifs is 1. The van der Waals surface area contributed by atoms with Crippen molar-refractivity contribution in [3.05, 3.63) is 23.3 Å². The summed E-state index contributed by atoms with van der Waals surface area (Å²) < 4.78 is 16.5. The number of nitrogens with zero attached hydrogens (tertiary/aromatic N) is 1. The molecule has 0 bridgehead atoms. The van der Waals surface area contributed by atoms with Gasteiger partial charge in [-0.3, -0.25) is 4.99 Å². The number of guanidine groups is 1. The van der Waals surface area contributed by atoms with Gasteiger partial charge in [0.05, 0.1) is 13.7 Å². The molecule has 24 heavy (non-hydrogen) atoms. The van der Waals surface area contributed by atoms with Crippen LogP contribution < -0.4 is 20.1 Å². The lowest BCUT2D eigenvalue weighted by molar-refractivity contribution is 0.179. The van der Waals surface area contributed by atoms with Crippen LogP contribution in [0, 0.1) is 0 Å². The second-order valence-corrected chi connectivity index (χ2v) is 5.83. The second-order valence-electron chi connectivity index (χ2n) is 5.83. The Kier molecular flexibility index (Phi) is 8.61. The Morgan fingerprint density at radius 1 is 1.42 bits per heavy atom. The van der Waals surface area contributed by atoms with E-state index < -0.39 is 0 Å². The Morgan fingerprint density at radius 3 is 2.79 bits per heavy atom. The summed E-state index contributed by atoms with van der Waals surface area (Å²) in [6.07, 6.45) is 1.15. The third-order valence-corrected chi connectivity index (χ3v) is 3.77. The van der Waals surface area contributed by atoms with Crippen LogP contribution in [0.4, 0.5) is 0 Å². The summed E-state index contributed by atoms with van der Waals surface area (Å²) in [5.74, 6) is 2.55. The lowest BCUT2D eigenvalue weighted by atomic mass is 10.1. The Balaban J connectivity index is 0.00000288. The van der Waals surface area contributed by atoms with Crippen LogP contribution in [0.3, 0.4) is 0 Å². The number of methoxy groups -OCH3 is 2. The predicted octanol–water partition coefficient (Wildman–Crippen LogP) is 2.34. The quantitative estimate of drug-likeness (QED) is 0.397. The van der Waals surface area contributed by atoms with E-state index in [9.17, 15) is 0 Å². The van der Waals surface area contributed by atoms with Gasteiger partial charge in [-0.1, -0.05) is 0 Å². The summed E-state index contributed by atoms with van der Waals surface area (Å²) in [5.41, 5.74) is 2.25. The highest BCUT2D eigenvalue weighted by molar-refractivity contribution is 14.0. The van der Waals surface area contributed by atoms with Crippen molar-refractivity contribution in [2.45, 2.75) is 39.0 Å². The third-order valence-electron chi connectivity index (χ3n) is 3.77.